The molecular weight excluding hydrogens is 151 g/mol. The van der Waals surface area contributed by atoms with Gasteiger partial charge in [0.2, 0.25) is 0 Å². The molecular formula is C4H6Cl2O2. The molecule has 1 rings (SSSR count). The van der Waals surface area contributed by atoms with Crippen molar-refractivity contribution in [3.05, 3.63) is 0 Å². The molecule has 2 nitrogen and oxygen atoms in total. The van der Waals surface area contributed by atoms with Crippen LogP contribution in [-0.4, -0.2) is 20.3 Å². The molecule has 1 aliphatic carbocycles. The van der Waals surface area contributed by atoms with Crippen LogP contribution in [0.4, 0.5) is 0 Å². The molecule has 0 bridgehead atoms. The highest BCUT2D eigenvalue weighted by Gasteiger charge is 2.56. The molecule has 0 heterocycles. The zero-order valence-electron chi connectivity index (χ0n) is 4.06. The molecule has 0 aromatic rings. The molecule has 0 atom stereocenters. The molecule has 48 valence electrons. The maximum atomic E-state index is 8.61. The molecule has 0 aliphatic heterocycles. The summed E-state index contributed by atoms with van der Waals surface area (Å²) < 4.78 is 0. The van der Waals surface area contributed by atoms with Gasteiger partial charge in [-0.05, 0) is 12.8 Å². The van der Waals surface area contributed by atoms with Crippen LogP contribution in [0.3, 0.4) is 0 Å². The second-order valence-corrected chi connectivity index (χ2v) is 3.30. The second kappa shape index (κ2) is 1.51. The Morgan fingerprint density at radius 3 is 1.75 bits per heavy atom. The lowest BCUT2D eigenvalue weighted by Gasteiger charge is -2.17. The van der Waals surface area contributed by atoms with Crippen LogP contribution in [0.2, 0.25) is 0 Å². The molecule has 0 spiro atoms. The Bertz CT molecular complexity index is 99.9. The van der Waals surface area contributed by atoms with Crippen LogP contribution in [0.5, 0.6) is 0 Å². The third-order valence-electron chi connectivity index (χ3n) is 1.26. The quantitative estimate of drug-likeness (QED) is 0.433. The number of alkyl halides is 2. The van der Waals surface area contributed by atoms with Gasteiger partial charge in [0.05, 0.1) is 0 Å². The van der Waals surface area contributed by atoms with Crippen LogP contribution < -0.4 is 0 Å². The summed E-state index contributed by atoms with van der Waals surface area (Å²) >= 11 is 10.5. The molecule has 0 aromatic heterocycles. The van der Waals surface area contributed by atoms with Crippen molar-refractivity contribution in [2.24, 2.45) is 0 Å². The molecule has 0 radical (unpaired) electrons. The van der Waals surface area contributed by atoms with Crippen LogP contribution in [-0.2, 0) is 0 Å². The SMILES string of the molecule is OC(O)(Cl)C1(Cl)CC1. The Labute approximate surface area is 57.0 Å². The number of rotatable bonds is 1. The van der Waals surface area contributed by atoms with E-state index in [2.05, 4.69) is 0 Å². The molecule has 0 unspecified atom stereocenters. The molecule has 1 aliphatic rings. The van der Waals surface area contributed by atoms with E-state index in [9.17, 15) is 0 Å². The van der Waals surface area contributed by atoms with Gasteiger partial charge < -0.3 is 10.2 Å². The summed E-state index contributed by atoms with van der Waals surface area (Å²) in [6.07, 6.45) is 1.15. The maximum absolute atomic E-state index is 8.61. The van der Waals surface area contributed by atoms with Crippen molar-refractivity contribution in [1.82, 2.24) is 0 Å². The van der Waals surface area contributed by atoms with E-state index in [1.807, 2.05) is 0 Å². The third kappa shape index (κ3) is 0.935. The fourth-order valence-corrected chi connectivity index (χ4v) is 0.711. The van der Waals surface area contributed by atoms with Gasteiger partial charge in [0.15, 0.2) is 0 Å². The summed E-state index contributed by atoms with van der Waals surface area (Å²) in [6.45, 7) is 0. The fourth-order valence-electron chi connectivity index (χ4n) is 0.428. The minimum Gasteiger partial charge on any atom is -0.352 e. The van der Waals surface area contributed by atoms with E-state index in [1.54, 1.807) is 0 Å². The van der Waals surface area contributed by atoms with Crippen molar-refractivity contribution in [3.8, 4) is 0 Å². The molecule has 4 heteroatoms. The van der Waals surface area contributed by atoms with Crippen LogP contribution in [0.25, 0.3) is 0 Å². The van der Waals surface area contributed by atoms with E-state index in [0.717, 1.165) is 0 Å². The van der Waals surface area contributed by atoms with E-state index in [0.29, 0.717) is 12.8 Å². The number of aliphatic hydroxyl groups is 2. The normalized spacial score (nSPS) is 25.5. The van der Waals surface area contributed by atoms with Crippen molar-refractivity contribution < 1.29 is 10.2 Å². The molecule has 0 amide bonds. The average Bonchev–Trinajstić information content (AvgIpc) is 2.16. The van der Waals surface area contributed by atoms with E-state index in [1.165, 1.54) is 0 Å². The standard InChI is InChI=1S/C4H6Cl2O2/c5-3(1-2-3)4(6,7)8/h7-8H,1-2H2. The molecule has 2 N–H and O–H groups in total. The van der Waals surface area contributed by atoms with Crippen LogP contribution in [0.1, 0.15) is 12.8 Å². The summed E-state index contributed by atoms with van der Waals surface area (Å²) in [6, 6.07) is 0. The lowest BCUT2D eigenvalue weighted by Crippen LogP contribution is -2.33. The largest absolute Gasteiger partial charge is 0.352 e. The topological polar surface area (TPSA) is 40.5 Å². The first kappa shape index (κ1) is 6.62. The summed E-state index contributed by atoms with van der Waals surface area (Å²) in [4.78, 5) is -0.964. The van der Waals surface area contributed by atoms with Crippen LogP contribution >= 0.6 is 23.2 Å². The van der Waals surface area contributed by atoms with Gasteiger partial charge in [0.25, 0.3) is 5.25 Å². The first-order valence-corrected chi connectivity index (χ1v) is 3.04. The highest BCUT2D eigenvalue weighted by atomic mass is 35.5. The van der Waals surface area contributed by atoms with Gasteiger partial charge >= 0.3 is 0 Å². The summed E-state index contributed by atoms with van der Waals surface area (Å²) in [5.74, 6) is 0. The zero-order chi connectivity index (χ0) is 6.41. The van der Waals surface area contributed by atoms with Crippen molar-refractivity contribution in [1.29, 1.82) is 0 Å². The molecule has 0 saturated heterocycles. The Kier molecular flexibility index (Phi) is 1.25. The lowest BCUT2D eigenvalue weighted by molar-refractivity contribution is -0.0923. The van der Waals surface area contributed by atoms with E-state index in [-0.39, 0.29) is 0 Å². The van der Waals surface area contributed by atoms with Gasteiger partial charge in [-0.2, -0.15) is 0 Å². The van der Waals surface area contributed by atoms with E-state index in [4.69, 9.17) is 33.4 Å². The highest BCUT2D eigenvalue weighted by Crippen LogP contribution is 2.51. The van der Waals surface area contributed by atoms with Crippen molar-refractivity contribution in [2.45, 2.75) is 23.0 Å². The van der Waals surface area contributed by atoms with Crippen molar-refractivity contribution in [3.63, 3.8) is 0 Å². The Morgan fingerprint density at radius 1 is 1.38 bits per heavy atom. The highest BCUT2D eigenvalue weighted by molar-refractivity contribution is 6.34. The second-order valence-electron chi connectivity index (χ2n) is 2.05. The summed E-state index contributed by atoms with van der Waals surface area (Å²) in [5.41, 5.74) is 0. The number of halogens is 2. The molecule has 0 aromatic carbocycles. The molecule has 1 fully saturated rings. The Morgan fingerprint density at radius 2 is 1.75 bits per heavy atom. The molecule has 8 heavy (non-hydrogen) atoms. The van der Waals surface area contributed by atoms with Gasteiger partial charge in [0, 0.05) is 0 Å². The maximum Gasteiger partial charge on any atom is 0.263 e. The van der Waals surface area contributed by atoms with E-state index < -0.39 is 10.1 Å². The lowest BCUT2D eigenvalue weighted by atomic mass is 10.4. The van der Waals surface area contributed by atoms with E-state index >= 15 is 0 Å². The monoisotopic (exact) mass is 156 g/mol. The van der Waals surface area contributed by atoms with Crippen molar-refractivity contribution in [2.75, 3.05) is 0 Å². The van der Waals surface area contributed by atoms with Crippen molar-refractivity contribution >= 4 is 23.2 Å². The predicted octanol–water partition coefficient (Wildman–Crippen LogP) is 0.635. The fraction of sp³-hybridized carbons (Fsp3) is 1.00. The first-order chi connectivity index (χ1) is 3.46. The predicted molar refractivity (Wildman–Crippen MR) is 30.8 cm³/mol. The van der Waals surface area contributed by atoms with Gasteiger partial charge in [-0.1, -0.05) is 11.6 Å². The van der Waals surface area contributed by atoms with Crippen LogP contribution in [0.15, 0.2) is 0 Å². The molecule has 1 saturated carbocycles. The number of hydrogen-bond donors (Lipinski definition) is 2. The summed E-state index contributed by atoms with van der Waals surface area (Å²) in [7, 11) is 0. The van der Waals surface area contributed by atoms with Gasteiger partial charge in [-0.3, -0.25) is 0 Å². The van der Waals surface area contributed by atoms with Crippen LogP contribution in [0, 0.1) is 0 Å². The Balaban J connectivity index is 2.58. The first-order valence-electron chi connectivity index (χ1n) is 2.28. The zero-order valence-corrected chi connectivity index (χ0v) is 5.58. The average molecular weight is 157 g/mol. The minimum atomic E-state index is -2.21. The third-order valence-corrected chi connectivity index (χ3v) is 2.36. The van der Waals surface area contributed by atoms with Gasteiger partial charge in [0.1, 0.15) is 4.87 Å². The smallest absolute Gasteiger partial charge is 0.263 e. The van der Waals surface area contributed by atoms with Gasteiger partial charge in [-0.25, -0.2) is 0 Å². The Hall–Kier alpha value is 0.500. The minimum absolute atomic E-state index is 0.574. The summed E-state index contributed by atoms with van der Waals surface area (Å²) in [5, 5.41) is 15.0. The van der Waals surface area contributed by atoms with Gasteiger partial charge in [-0.15, -0.1) is 11.6 Å². The number of hydrogen-bond acceptors (Lipinski definition) is 2.